The van der Waals surface area contributed by atoms with Crippen LogP contribution in [0, 0.1) is 0 Å². The normalized spacial score (nSPS) is 10.5. The maximum atomic E-state index is 12.2. The molecule has 2 rings (SSSR count). The van der Waals surface area contributed by atoms with Crippen LogP contribution in [0.15, 0.2) is 47.5 Å². The van der Waals surface area contributed by atoms with E-state index < -0.39 is 0 Å². The lowest BCUT2D eigenvalue weighted by atomic mass is 10.2. The Morgan fingerprint density at radius 2 is 2.00 bits per heavy atom. The van der Waals surface area contributed by atoms with Crippen molar-refractivity contribution in [3.63, 3.8) is 0 Å². The first-order valence-corrected chi connectivity index (χ1v) is 7.43. The monoisotopic (exact) mass is 299 g/mol. The summed E-state index contributed by atoms with van der Waals surface area (Å²) in [6.07, 6.45) is 3.18. The Morgan fingerprint density at radius 3 is 2.64 bits per heavy atom. The second-order valence-electron chi connectivity index (χ2n) is 5.33. The Kier molecular flexibility index (Phi) is 5.47. The third-order valence-corrected chi connectivity index (χ3v) is 3.44. The van der Waals surface area contributed by atoms with Gasteiger partial charge in [0.2, 0.25) is 5.91 Å². The van der Waals surface area contributed by atoms with Gasteiger partial charge in [-0.15, -0.1) is 0 Å². The molecule has 0 N–H and O–H groups in total. The van der Waals surface area contributed by atoms with E-state index in [1.165, 1.54) is 17.0 Å². The molecule has 1 aromatic heterocycles. The predicted molar refractivity (Wildman–Crippen MR) is 85.4 cm³/mol. The van der Waals surface area contributed by atoms with E-state index in [0.29, 0.717) is 6.54 Å². The number of nitrogens with zero attached hydrogens (tertiary/aromatic N) is 3. The molecule has 0 aliphatic carbocycles. The third kappa shape index (κ3) is 4.28. The number of aryl methyl sites for hydroxylation is 1. The zero-order valence-corrected chi connectivity index (χ0v) is 13.0. The smallest absolute Gasteiger partial charge is 0.253 e. The topological polar surface area (TPSA) is 55.2 Å². The quantitative estimate of drug-likeness (QED) is 0.818. The molecule has 0 aliphatic rings. The first-order valence-electron chi connectivity index (χ1n) is 7.43. The molecule has 0 radical (unpaired) electrons. The van der Waals surface area contributed by atoms with Crippen LogP contribution in [0.3, 0.4) is 0 Å². The van der Waals surface area contributed by atoms with Crippen molar-refractivity contribution >= 4 is 5.91 Å². The molecular weight excluding hydrogens is 278 g/mol. The SMILES string of the molecule is CCCc1cc(=O)n(CC(=O)N(C)Cc2ccccc2)cn1. The van der Waals surface area contributed by atoms with Gasteiger partial charge < -0.3 is 4.90 Å². The van der Waals surface area contributed by atoms with Crippen LogP contribution in [0.2, 0.25) is 0 Å². The Labute approximate surface area is 130 Å². The maximum Gasteiger partial charge on any atom is 0.253 e. The van der Waals surface area contributed by atoms with Gasteiger partial charge in [0.05, 0.1) is 6.33 Å². The van der Waals surface area contributed by atoms with E-state index in [1.807, 2.05) is 37.3 Å². The summed E-state index contributed by atoms with van der Waals surface area (Å²) in [5.74, 6) is -0.115. The predicted octanol–water partition coefficient (Wildman–Crippen LogP) is 1.85. The lowest BCUT2D eigenvalue weighted by Gasteiger charge is -2.17. The van der Waals surface area contributed by atoms with E-state index in [0.717, 1.165) is 24.1 Å². The summed E-state index contributed by atoms with van der Waals surface area (Å²) < 4.78 is 1.35. The lowest BCUT2D eigenvalue weighted by molar-refractivity contribution is -0.131. The minimum absolute atomic E-state index is 0.0154. The molecule has 0 aliphatic heterocycles. The van der Waals surface area contributed by atoms with E-state index in [-0.39, 0.29) is 18.0 Å². The molecule has 1 aromatic carbocycles. The van der Waals surface area contributed by atoms with Crippen LogP contribution in [-0.4, -0.2) is 27.4 Å². The number of hydrogen-bond donors (Lipinski definition) is 0. The number of carbonyl (C=O) groups is 1. The van der Waals surface area contributed by atoms with Crippen LogP contribution in [-0.2, 0) is 24.3 Å². The fourth-order valence-corrected chi connectivity index (χ4v) is 2.19. The second-order valence-corrected chi connectivity index (χ2v) is 5.33. The molecule has 22 heavy (non-hydrogen) atoms. The Morgan fingerprint density at radius 1 is 1.27 bits per heavy atom. The second kappa shape index (κ2) is 7.54. The van der Waals surface area contributed by atoms with Crippen LogP contribution < -0.4 is 5.56 Å². The van der Waals surface area contributed by atoms with E-state index in [2.05, 4.69) is 4.98 Å². The van der Waals surface area contributed by atoms with Gasteiger partial charge >= 0.3 is 0 Å². The molecule has 5 nitrogen and oxygen atoms in total. The molecule has 1 heterocycles. The summed E-state index contributed by atoms with van der Waals surface area (Å²) in [7, 11) is 1.74. The Hall–Kier alpha value is -2.43. The molecule has 0 spiro atoms. The van der Waals surface area contributed by atoms with Crippen molar-refractivity contribution in [3.8, 4) is 0 Å². The minimum Gasteiger partial charge on any atom is -0.340 e. The number of carbonyl (C=O) groups excluding carboxylic acids is 1. The first-order chi connectivity index (χ1) is 10.6. The molecule has 0 bridgehead atoms. The van der Waals surface area contributed by atoms with Gasteiger partial charge in [-0.05, 0) is 12.0 Å². The van der Waals surface area contributed by atoms with Gasteiger partial charge in [-0.25, -0.2) is 4.98 Å². The summed E-state index contributed by atoms with van der Waals surface area (Å²) >= 11 is 0. The fraction of sp³-hybridized carbons (Fsp3) is 0.353. The van der Waals surface area contributed by atoms with Crippen LogP contribution in [0.1, 0.15) is 24.6 Å². The average molecular weight is 299 g/mol. The molecular formula is C17H21N3O2. The van der Waals surface area contributed by atoms with E-state index in [4.69, 9.17) is 0 Å². The van der Waals surface area contributed by atoms with Crippen LogP contribution in [0.25, 0.3) is 0 Å². The van der Waals surface area contributed by atoms with Gasteiger partial charge in [-0.2, -0.15) is 0 Å². The summed E-state index contributed by atoms with van der Waals surface area (Å²) in [5.41, 5.74) is 1.65. The highest BCUT2D eigenvalue weighted by Gasteiger charge is 2.11. The van der Waals surface area contributed by atoms with Gasteiger partial charge in [-0.1, -0.05) is 43.7 Å². The molecule has 0 unspecified atom stereocenters. The number of amides is 1. The van der Waals surface area contributed by atoms with Crippen LogP contribution >= 0.6 is 0 Å². The molecule has 2 aromatic rings. The maximum absolute atomic E-state index is 12.2. The van der Waals surface area contributed by atoms with Gasteiger partial charge in [-0.3, -0.25) is 14.2 Å². The Balaban J connectivity index is 2.01. The molecule has 0 atom stereocenters. The number of hydrogen-bond acceptors (Lipinski definition) is 3. The van der Waals surface area contributed by atoms with Gasteiger partial charge in [0.25, 0.3) is 5.56 Å². The number of aromatic nitrogens is 2. The lowest BCUT2D eigenvalue weighted by Crippen LogP contribution is -2.33. The van der Waals surface area contributed by atoms with Gasteiger partial charge in [0.1, 0.15) is 6.54 Å². The average Bonchev–Trinajstić information content (AvgIpc) is 2.51. The largest absolute Gasteiger partial charge is 0.340 e. The molecule has 116 valence electrons. The summed E-state index contributed by atoms with van der Waals surface area (Å²) in [4.78, 5) is 30.0. The summed E-state index contributed by atoms with van der Waals surface area (Å²) in [5, 5.41) is 0. The molecule has 5 heteroatoms. The van der Waals surface area contributed by atoms with Crippen LogP contribution in [0.5, 0.6) is 0 Å². The third-order valence-electron chi connectivity index (χ3n) is 3.44. The van der Waals surface area contributed by atoms with Crippen molar-refractivity contribution in [2.45, 2.75) is 32.9 Å². The van der Waals surface area contributed by atoms with Crippen molar-refractivity contribution in [1.29, 1.82) is 0 Å². The van der Waals surface area contributed by atoms with E-state index in [1.54, 1.807) is 11.9 Å². The Bertz CT molecular complexity index is 680. The highest BCUT2D eigenvalue weighted by molar-refractivity contribution is 5.75. The van der Waals surface area contributed by atoms with Gasteiger partial charge in [0, 0.05) is 25.4 Å². The van der Waals surface area contributed by atoms with Crippen molar-refractivity contribution in [1.82, 2.24) is 14.5 Å². The highest BCUT2D eigenvalue weighted by atomic mass is 16.2. The summed E-state index contributed by atoms with van der Waals surface area (Å²) in [6, 6.07) is 11.3. The molecule has 0 saturated heterocycles. The number of likely N-dealkylation sites (N-methyl/N-ethyl adjacent to an activating group) is 1. The van der Waals surface area contributed by atoms with Gasteiger partial charge in [0.15, 0.2) is 0 Å². The summed E-state index contributed by atoms with van der Waals surface area (Å²) in [6.45, 7) is 2.58. The van der Waals surface area contributed by atoms with Crippen molar-refractivity contribution < 1.29 is 4.79 Å². The van der Waals surface area contributed by atoms with Crippen molar-refractivity contribution in [3.05, 3.63) is 64.3 Å². The molecule has 1 amide bonds. The minimum atomic E-state index is -0.181. The van der Waals surface area contributed by atoms with Crippen LogP contribution in [0.4, 0.5) is 0 Å². The van der Waals surface area contributed by atoms with E-state index in [9.17, 15) is 9.59 Å². The zero-order valence-electron chi connectivity index (χ0n) is 13.0. The molecule has 0 saturated carbocycles. The first kappa shape index (κ1) is 15.9. The number of benzene rings is 1. The van der Waals surface area contributed by atoms with Crippen molar-refractivity contribution in [2.75, 3.05) is 7.05 Å². The van der Waals surface area contributed by atoms with E-state index >= 15 is 0 Å². The zero-order chi connectivity index (χ0) is 15.9. The van der Waals surface area contributed by atoms with Crippen molar-refractivity contribution in [2.24, 2.45) is 0 Å². The fourth-order valence-electron chi connectivity index (χ4n) is 2.19. The standard InChI is InChI=1S/C17H21N3O2/c1-3-7-15-10-16(21)20(13-18-15)12-17(22)19(2)11-14-8-5-4-6-9-14/h4-6,8-10,13H,3,7,11-12H2,1-2H3. The molecule has 0 fully saturated rings. The highest BCUT2D eigenvalue weighted by Crippen LogP contribution is 2.03. The number of rotatable bonds is 6.